The molecule has 1 amide bonds. The fourth-order valence-corrected chi connectivity index (χ4v) is 2.38. The molecule has 9 nitrogen and oxygen atoms in total. The summed E-state index contributed by atoms with van der Waals surface area (Å²) < 4.78 is 6.29. The van der Waals surface area contributed by atoms with Crippen LogP contribution in [0.25, 0.3) is 5.82 Å². The molecule has 3 rings (SSSR count). The fourth-order valence-electron chi connectivity index (χ4n) is 2.38. The Bertz CT molecular complexity index is 1140. The van der Waals surface area contributed by atoms with Crippen molar-refractivity contribution in [1.29, 1.82) is 10.5 Å². The predicted octanol–water partition coefficient (Wildman–Crippen LogP) is 2.05. The summed E-state index contributed by atoms with van der Waals surface area (Å²) in [7, 11) is 1.20. The van der Waals surface area contributed by atoms with Crippen molar-refractivity contribution in [3.63, 3.8) is 0 Å². The van der Waals surface area contributed by atoms with E-state index >= 15 is 0 Å². The summed E-state index contributed by atoms with van der Waals surface area (Å²) in [4.78, 5) is 24.4. The average Bonchev–Trinajstić information content (AvgIpc) is 3.23. The molecule has 1 N–H and O–H groups in total. The summed E-state index contributed by atoms with van der Waals surface area (Å²) in [5.74, 6) is -0.833. The maximum Gasteiger partial charge on any atom is 0.340 e. The number of amides is 1. The number of rotatable bonds is 4. The highest BCUT2D eigenvalue weighted by Crippen LogP contribution is 2.19. The van der Waals surface area contributed by atoms with Crippen LogP contribution in [0.3, 0.4) is 0 Å². The summed E-state index contributed by atoms with van der Waals surface area (Å²) in [6.07, 6.45) is 3.24. The summed E-state index contributed by atoms with van der Waals surface area (Å²) >= 11 is 0. The summed E-state index contributed by atoms with van der Waals surface area (Å²) in [5.41, 5.74) is 0.990. The molecular formula is C19H12N6O3. The van der Waals surface area contributed by atoms with Gasteiger partial charge in [-0.05, 0) is 36.4 Å². The number of hydrogen-bond donors (Lipinski definition) is 1. The number of nitrogens with one attached hydrogen (secondary N) is 1. The van der Waals surface area contributed by atoms with Gasteiger partial charge in [0.05, 0.1) is 35.6 Å². The van der Waals surface area contributed by atoms with E-state index in [0.717, 1.165) is 0 Å². The molecule has 0 unspecified atom stereocenters. The topological polar surface area (TPSA) is 134 Å². The number of esters is 1. The summed E-state index contributed by atoms with van der Waals surface area (Å²) in [6, 6.07) is 12.8. The Hall–Kier alpha value is -4.50. The number of ether oxygens (including phenoxy) is 1. The Morgan fingerprint density at radius 1 is 1.07 bits per heavy atom. The van der Waals surface area contributed by atoms with Crippen LogP contribution in [0.15, 0.2) is 48.8 Å². The third-order valence-corrected chi connectivity index (χ3v) is 3.77. The zero-order chi connectivity index (χ0) is 20.1. The first kappa shape index (κ1) is 18.3. The predicted molar refractivity (Wildman–Crippen MR) is 96.5 cm³/mol. The molecule has 0 saturated heterocycles. The minimum Gasteiger partial charge on any atom is -0.465 e. The number of aromatic nitrogens is 3. The fraction of sp³-hybridized carbons (Fsp3) is 0.0526. The lowest BCUT2D eigenvalue weighted by molar-refractivity contribution is 0.0602. The van der Waals surface area contributed by atoms with Gasteiger partial charge >= 0.3 is 5.97 Å². The summed E-state index contributed by atoms with van der Waals surface area (Å²) in [6.45, 7) is 0. The van der Waals surface area contributed by atoms with E-state index in [1.54, 1.807) is 29.1 Å². The Kier molecular flexibility index (Phi) is 5.10. The van der Waals surface area contributed by atoms with E-state index in [0.29, 0.717) is 11.4 Å². The Morgan fingerprint density at radius 2 is 1.86 bits per heavy atom. The standard InChI is InChI=1S/C19H12N6O3/c1-28-19(27)14-8-12(9-20)2-3-15(14)22-18(26)16-4-5-17(24-23-16)25-7-6-13(10-21)11-25/h2-8,11H,1H3,(H,22,26). The van der Waals surface area contributed by atoms with Crippen LogP contribution in [0.1, 0.15) is 32.0 Å². The van der Waals surface area contributed by atoms with Gasteiger partial charge in [-0.15, -0.1) is 10.2 Å². The van der Waals surface area contributed by atoms with Crippen molar-refractivity contribution in [2.45, 2.75) is 0 Å². The first-order chi connectivity index (χ1) is 13.5. The number of carbonyl (C=O) groups is 2. The quantitative estimate of drug-likeness (QED) is 0.693. The molecule has 0 aliphatic carbocycles. The molecule has 0 radical (unpaired) electrons. The Labute approximate surface area is 159 Å². The molecule has 0 spiro atoms. The van der Waals surface area contributed by atoms with Gasteiger partial charge in [-0.3, -0.25) is 4.79 Å². The van der Waals surface area contributed by atoms with Gasteiger partial charge in [0.2, 0.25) is 0 Å². The van der Waals surface area contributed by atoms with Crippen molar-refractivity contribution < 1.29 is 14.3 Å². The van der Waals surface area contributed by atoms with Crippen LogP contribution in [-0.2, 0) is 4.74 Å². The minimum absolute atomic E-state index is 0.0246. The lowest BCUT2D eigenvalue weighted by Gasteiger charge is -2.10. The number of carbonyl (C=O) groups excluding carboxylic acids is 2. The van der Waals surface area contributed by atoms with E-state index in [1.807, 2.05) is 12.1 Å². The zero-order valence-corrected chi connectivity index (χ0v) is 14.6. The van der Waals surface area contributed by atoms with Crippen molar-refractivity contribution in [3.05, 3.63) is 71.2 Å². The van der Waals surface area contributed by atoms with Crippen molar-refractivity contribution in [3.8, 4) is 18.0 Å². The molecular weight excluding hydrogens is 360 g/mol. The zero-order valence-electron chi connectivity index (χ0n) is 14.6. The highest BCUT2D eigenvalue weighted by molar-refractivity contribution is 6.07. The summed E-state index contributed by atoms with van der Waals surface area (Å²) in [5, 5.41) is 28.3. The lowest BCUT2D eigenvalue weighted by Crippen LogP contribution is -2.17. The lowest BCUT2D eigenvalue weighted by atomic mass is 10.1. The molecule has 0 bridgehead atoms. The van der Waals surface area contributed by atoms with Crippen LogP contribution >= 0.6 is 0 Å². The van der Waals surface area contributed by atoms with Gasteiger partial charge in [0.25, 0.3) is 5.91 Å². The minimum atomic E-state index is -0.685. The number of hydrogen-bond acceptors (Lipinski definition) is 7. The van der Waals surface area contributed by atoms with E-state index in [1.165, 1.54) is 31.4 Å². The second-order valence-corrected chi connectivity index (χ2v) is 5.51. The number of anilines is 1. The SMILES string of the molecule is COC(=O)c1cc(C#N)ccc1NC(=O)c1ccc(-n2ccc(C#N)c2)nn1. The van der Waals surface area contributed by atoms with Gasteiger partial charge in [0.15, 0.2) is 11.5 Å². The molecule has 136 valence electrons. The second-order valence-electron chi connectivity index (χ2n) is 5.51. The third kappa shape index (κ3) is 3.69. The molecule has 0 atom stereocenters. The molecule has 0 aliphatic heterocycles. The average molecular weight is 372 g/mol. The largest absolute Gasteiger partial charge is 0.465 e. The Morgan fingerprint density at radius 3 is 2.46 bits per heavy atom. The number of benzene rings is 1. The molecule has 28 heavy (non-hydrogen) atoms. The van der Waals surface area contributed by atoms with E-state index in [9.17, 15) is 9.59 Å². The van der Waals surface area contributed by atoms with Crippen molar-refractivity contribution in [2.75, 3.05) is 12.4 Å². The van der Waals surface area contributed by atoms with Gasteiger partial charge in [-0.2, -0.15) is 10.5 Å². The van der Waals surface area contributed by atoms with E-state index in [2.05, 4.69) is 20.3 Å². The molecule has 9 heteroatoms. The van der Waals surface area contributed by atoms with Crippen LogP contribution in [-0.4, -0.2) is 33.8 Å². The van der Waals surface area contributed by atoms with Crippen LogP contribution in [0, 0.1) is 22.7 Å². The van der Waals surface area contributed by atoms with Gasteiger partial charge in [-0.25, -0.2) is 4.79 Å². The highest BCUT2D eigenvalue weighted by atomic mass is 16.5. The van der Waals surface area contributed by atoms with Crippen LogP contribution < -0.4 is 5.32 Å². The van der Waals surface area contributed by atoms with Crippen molar-refractivity contribution in [1.82, 2.24) is 14.8 Å². The number of nitrogens with zero attached hydrogens (tertiary/aromatic N) is 5. The molecule has 0 saturated carbocycles. The first-order valence-electron chi connectivity index (χ1n) is 7.91. The van der Waals surface area contributed by atoms with Gasteiger partial charge in [0, 0.05) is 12.4 Å². The maximum absolute atomic E-state index is 12.4. The van der Waals surface area contributed by atoms with Crippen molar-refractivity contribution in [2.24, 2.45) is 0 Å². The molecule has 0 aliphatic rings. The van der Waals surface area contributed by atoms with Crippen LogP contribution in [0.4, 0.5) is 5.69 Å². The Balaban J connectivity index is 1.83. The van der Waals surface area contributed by atoms with Gasteiger partial charge in [-0.1, -0.05) is 0 Å². The normalized spacial score (nSPS) is 9.82. The van der Waals surface area contributed by atoms with E-state index in [4.69, 9.17) is 10.5 Å². The third-order valence-electron chi connectivity index (χ3n) is 3.77. The van der Waals surface area contributed by atoms with E-state index in [-0.39, 0.29) is 22.5 Å². The van der Waals surface area contributed by atoms with Gasteiger partial charge in [0.1, 0.15) is 6.07 Å². The monoisotopic (exact) mass is 372 g/mol. The highest BCUT2D eigenvalue weighted by Gasteiger charge is 2.17. The second kappa shape index (κ2) is 7.81. The van der Waals surface area contributed by atoms with Gasteiger partial charge < -0.3 is 14.6 Å². The molecule has 2 aromatic heterocycles. The molecule has 0 fully saturated rings. The van der Waals surface area contributed by atoms with E-state index < -0.39 is 11.9 Å². The molecule has 2 heterocycles. The van der Waals surface area contributed by atoms with Crippen LogP contribution in [0.5, 0.6) is 0 Å². The number of nitriles is 2. The number of methoxy groups -OCH3 is 1. The first-order valence-corrected chi connectivity index (χ1v) is 7.91. The molecule has 3 aromatic rings. The van der Waals surface area contributed by atoms with Crippen molar-refractivity contribution >= 4 is 17.6 Å². The smallest absolute Gasteiger partial charge is 0.340 e. The van der Waals surface area contributed by atoms with Crippen LogP contribution in [0.2, 0.25) is 0 Å². The molecule has 1 aromatic carbocycles. The maximum atomic E-state index is 12.4.